The van der Waals surface area contributed by atoms with Gasteiger partial charge in [0, 0.05) is 32.2 Å². The number of rotatable bonds is 8. The summed E-state index contributed by atoms with van der Waals surface area (Å²) in [5.41, 5.74) is 0.130. The zero-order valence-electron chi connectivity index (χ0n) is 18.9. The highest BCUT2D eigenvalue weighted by Crippen LogP contribution is 2.51. The second-order valence-corrected chi connectivity index (χ2v) is 8.72. The quantitative estimate of drug-likeness (QED) is 0.624. The standard InChI is InChI=1S/C23H28FN5O4/c1-4-29(13(2)3)22(30)15-7-14(24)5-6-19(15)33-20-9-25-12-27-21(20)26-8-16-17-10-28(23(31)32)11-18(16)17/h5-7,9,12-13,16-18H,4,8,10-11H2,1-3H3,(H,31,32)(H,25,26,27)/t16?,17-,18+. The molecule has 4 rings (SSSR count). The normalized spacial score (nSPS) is 21.0. The van der Waals surface area contributed by atoms with Gasteiger partial charge < -0.3 is 25.0 Å². The zero-order chi connectivity index (χ0) is 23.7. The number of hydrogen-bond acceptors (Lipinski definition) is 6. The largest absolute Gasteiger partial charge is 0.465 e. The molecule has 0 spiro atoms. The number of fused-ring (bicyclic) bond motifs is 1. The van der Waals surface area contributed by atoms with Gasteiger partial charge in [0.2, 0.25) is 0 Å². The Balaban J connectivity index is 1.48. The molecule has 1 aliphatic carbocycles. The van der Waals surface area contributed by atoms with E-state index in [1.807, 2.05) is 20.8 Å². The first-order valence-corrected chi connectivity index (χ1v) is 11.1. The summed E-state index contributed by atoms with van der Waals surface area (Å²) in [6.07, 6.45) is 2.01. The maximum atomic E-state index is 14.0. The fourth-order valence-corrected chi connectivity index (χ4v) is 4.62. The lowest BCUT2D eigenvalue weighted by molar-refractivity contribution is 0.0713. The molecule has 33 heavy (non-hydrogen) atoms. The van der Waals surface area contributed by atoms with Gasteiger partial charge in [-0.05, 0) is 56.7 Å². The molecule has 0 radical (unpaired) electrons. The number of aromatic nitrogens is 2. The minimum atomic E-state index is -0.871. The lowest BCUT2D eigenvalue weighted by Crippen LogP contribution is -2.36. The van der Waals surface area contributed by atoms with Crippen molar-refractivity contribution in [1.82, 2.24) is 19.8 Å². The Morgan fingerprint density at radius 2 is 2.03 bits per heavy atom. The van der Waals surface area contributed by atoms with E-state index in [2.05, 4.69) is 15.3 Å². The topological polar surface area (TPSA) is 108 Å². The van der Waals surface area contributed by atoms with Crippen molar-refractivity contribution in [1.29, 1.82) is 0 Å². The predicted molar refractivity (Wildman–Crippen MR) is 119 cm³/mol. The van der Waals surface area contributed by atoms with Crippen molar-refractivity contribution in [2.45, 2.75) is 26.8 Å². The summed E-state index contributed by atoms with van der Waals surface area (Å²) in [5.74, 6) is 1.25. The third kappa shape index (κ3) is 4.69. The molecular formula is C23H28FN5O4. The van der Waals surface area contributed by atoms with Crippen molar-refractivity contribution in [2.24, 2.45) is 17.8 Å². The van der Waals surface area contributed by atoms with Crippen LogP contribution in [0.2, 0.25) is 0 Å². The number of piperidine rings is 1. The minimum absolute atomic E-state index is 0.0500. The Kier molecular flexibility index (Phi) is 6.35. The monoisotopic (exact) mass is 457 g/mol. The third-order valence-corrected chi connectivity index (χ3v) is 6.44. The lowest BCUT2D eigenvalue weighted by Gasteiger charge is -2.26. The van der Waals surface area contributed by atoms with E-state index in [0.717, 1.165) is 0 Å². The molecule has 2 N–H and O–H groups in total. The van der Waals surface area contributed by atoms with E-state index in [4.69, 9.17) is 9.84 Å². The van der Waals surface area contributed by atoms with Crippen LogP contribution in [0.5, 0.6) is 11.5 Å². The zero-order valence-corrected chi connectivity index (χ0v) is 18.9. The molecule has 2 heterocycles. The van der Waals surface area contributed by atoms with Gasteiger partial charge in [-0.2, -0.15) is 0 Å². The van der Waals surface area contributed by atoms with Gasteiger partial charge in [-0.15, -0.1) is 0 Å². The highest BCUT2D eigenvalue weighted by molar-refractivity contribution is 5.97. The molecular weight excluding hydrogens is 429 g/mol. The molecule has 0 bridgehead atoms. The molecule has 1 aromatic carbocycles. The molecule has 1 aromatic heterocycles. The van der Waals surface area contributed by atoms with Gasteiger partial charge in [0.25, 0.3) is 5.91 Å². The second kappa shape index (κ2) is 9.21. The van der Waals surface area contributed by atoms with Crippen LogP contribution in [-0.2, 0) is 0 Å². The van der Waals surface area contributed by atoms with Crippen LogP contribution in [0.4, 0.5) is 15.0 Å². The maximum Gasteiger partial charge on any atom is 0.407 e. The fourth-order valence-electron chi connectivity index (χ4n) is 4.62. The van der Waals surface area contributed by atoms with Crippen LogP contribution in [-0.4, -0.2) is 69.1 Å². The number of nitrogens with zero attached hydrogens (tertiary/aromatic N) is 4. The second-order valence-electron chi connectivity index (χ2n) is 8.72. The number of benzene rings is 1. The molecule has 3 atom stereocenters. The molecule has 2 amide bonds. The van der Waals surface area contributed by atoms with Crippen LogP contribution in [0.1, 0.15) is 31.1 Å². The van der Waals surface area contributed by atoms with Gasteiger partial charge in [-0.1, -0.05) is 0 Å². The van der Waals surface area contributed by atoms with Crippen molar-refractivity contribution >= 4 is 17.8 Å². The maximum absolute atomic E-state index is 14.0. The molecule has 2 aliphatic rings. The summed E-state index contributed by atoms with van der Waals surface area (Å²) in [5, 5.41) is 12.4. The number of ether oxygens (including phenoxy) is 1. The lowest BCUT2D eigenvalue weighted by atomic mass is 10.1. The summed E-state index contributed by atoms with van der Waals surface area (Å²) in [6.45, 7) is 7.90. The first kappa shape index (κ1) is 22.8. The van der Waals surface area contributed by atoms with Crippen LogP contribution in [0.15, 0.2) is 30.7 Å². The molecule has 2 aromatic rings. The number of carboxylic acid groups (broad SMARTS) is 1. The van der Waals surface area contributed by atoms with E-state index in [1.54, 1.807) is 4.90 Å². The average Bonchev–Trinajstić information content (AvgIpc) is 3.22. The molecule has 2 fully saturated rings. The molecule has 9 nitrogen and oxygen atoms in total. The molecule has 1 saturated heterocycles. The summed E-state index contributed by atoms with van der Waals surface area (Å²) < 4.78 is 20.0. The molecule has 1 unspecified atom stereocenters. The van der Waals surface area contributed by atoms with Crippen LogP contribution < -0.4 is 10.1 Å². The van der Waals surface area contributed by atoms with E-state index in [9.17, 15) is 14.0 Å². The number of halogens is 1. The fraction of sp³-hybridized carbons (Fsp3) is 0.478. The van der Waals surface area contributed by atoms with Crippen LogP contribution in [0, 0.1) is 23.6 Å². The van der Waals surface area contributed by atoms with Crippen molar-refractivity contribution in [3.8, 4) is 11.5 Å². The van der Waals surface area contributed by atoms with Crippen molar-refractivity contribution < 1.29 is 23.8 Å². The van der Waals surface area contributed by atoms with E-state index < -0.39 is 11.9 Å². The van der Waals surface area contributed by atoms with Gasteiger partial charge in [0.05, 0.1) is 11.8 Å². The summed E-state index contributed by atoms with van der Waals surface area (Å²) in [4.78, 5) is 35.5. The van der Waals surface area contributed by atoms with E-state index >= 15 is 0 Å². The molecule has 10 heteroatoms. The smallest absolute Gasteiger partial charge is 0.407 e. The molecule has 176 valence electrons. The van der Waals surface area contributed by atoms with E-state index in [0.29, 0.717) is 55.5 Å². The van der Waals surface area contributed by atoms with Crippen LogP contribution >= 0.6 is 0 Å². The van der Waals surface area contributed by atoms with Gasteiger partial charge >= 0.3 is 6.09 Å². The SMILES string of the molecule is CCN(C(=O)c1cc(F)ccc1Oc1cncnc1NCC1[C@H]2CN(C(=O)O)C[C@@H]12)C(C)C. The van der Waals surface area contributed by atoms with Crippen molar-refractivity contribution in [2.75, 3.05) is 31.5 Å². The number of carbonyl (C=O) groups excluding carboxylic acids is 1. The van der Waals surface area contributed by atoms with Gasteiger partial charge in [-0.3, -0.25) is 4.79 Å². The minimum Gasteiger partial charge on any atom is -0.465 e. The van der Waals surface area contributed by atoms with Crippen molar-refractivity contribution in [3.63, 3.8) is 0 Å². The highest BCUT2D eigenvalue weighted by atomic mass is 19.1. The summed E-state index contributed by atoms with van der Waals surface area (Å²) >= 11 is 0. The number of nitrogens with one attached hydrogen (secondary N) is 1. The molecule has 1 saturated carbocycles. The number of anilines is 1. The Labute approximate surface area is 191 Å². The number of carbonyl (C=O) groups is 2. The highest BCUT2D eigenvalue weighted by Gasteiger charge is 2.56. The number of likely N-dealkylation sites (tertiary alicyclic amines) is 1. The average molecular weight is 458 g/mol. The van der Waals surface area contributed by atoms with E-state index in [-0.39, 0.29) is 23.3 Å². The third-order valence-electron chi connectivity index (χ3n) is 6.44. The Bertz CT molecular complexity index is 1040. The van der Waals surface area contributed by atoms with Crippen LogP contribution in [0.25, 0.3) is 0 Å². The van der Waals surface area contributed by atoms with E-state index in [1.165, 1.54) is 35.6 Å². The van der Waals surface area contributed by atoms with Gasteiger partial charge in [0.1, 0.15) is 17.9 Å². The van der Waals surface area contributed by atoms with Gasteiger partial charge in [0.15, 0.2) is 11.6 Å². The predicted octanol–water partition coefficient (Wildman–Crippen LogP) is 3.55. The number of amides is 2. The Hall–Kier alpha value is -3.43. The molecule has 1 aliphatic heterocycles. The summed E-state index contributed by atoms with van der Waals surface area (Å²) in [6, 6.07) is 3.80. The van der Waals surface area contributed by atoms with Gasteiger partial charge in [-0.25, -0.2) is 19.2 Å². The Morgan fingerprint density at radius 1 is 1.30 bits per heavy atom. The summed E-state index contributed by atoms with van der Waals surface area (Å²) in [7, 11) is 0. The first-order chi connectivity index (χ1) is 15.8. The van der Waals surface area contributed by atoms with Crippen molar-refractivity contribution in [3.05, 3.63) is 42.1 Å². The first-order valence-electron chi connectivity index (χ1n) is 11.1. The number of hydrogen-bond donors (Lipinski definition) is 2. The Morgan fingerprint density at radius 3 is 2.67 bits per heavy atom. The van der Waals surface area contributed by atoms with Crippen LogP contribution in [0.3, 0.4) is 0 Å².